The van der Waals surface area contributed by atoms with Crippen LogP contribution >= 0.6 is 0 Å². The summed E-state index contributed by atoms with van der Waals surface area (Å²) >= 11 is 0. The average Bonchev–Trinajstić information content (AvgIpc) is 2.44. The molecule has 0 amide bonds. The molecule has 1 unspecified atom stereocenters. The van der Waals surface area contributed by atoms with E-state index in [1.54, 1.807) is 6.07 Å². The smallest absolute Gasteiger partial charge is 0.115 e. The van der Waals surface area contributed by atoms with Crippen molar-refractivity contribution in [1.29, 1.82) is 0 Å². The van der Waals surface area contributed by atoms with Crippen LogP contribution in [0.5, 0.6) is 5.75 Å². The first kappa shape index (κ1) is 14.6. The zero-order valence-corrected chi connectivity index (χ0v) is 12.3. The van der Waals surface area contributed by atoms with E-state index in [0.717, 1.165) is 24.9 Å². The Morgan fingerprint density at radius 2 is 1.90 bits per heavy atom. The maximum absolute atomic E-state index is 9.61. The van der Waals surface area contributed by atoms with Crippen molar-refractivity contribution < 1.29 is 5.11 Å². The molecular weight excluding hydrogens is 246 g/mol. The van der Waals surface area contributed by atoms with Crippen LogP contribution in [0.15, 0.2) is 48.5 Å². The van der Waals surface area contributed by atoms with Gasteiger partial charge in [0, 0.05) is 6.04 Å². The summed E-state index contributed by atoms with van der Waals surface area (Å²) in [5, 5.41) is 13.2. The van der Waals surface area contributed by atoms with Gasteiger partial charge >= 0.3 is 0 Å². The van der Waals surface area contributed by atoms with Crippen molar-refractivity contribution in [2.24, 2.45) is 0 Å². The lowest BCUT2D eigenvalue weighted by Gasteiger charge is -2.21. The summed E-state index contributed by atoms with van der Waals surface area (Å²) in [6.07, 6.45) is 2.00. The van der Waals surface area contributed by atoms with Crippen molar-refractivity contribution in [3.05, 3.63) is 65.2 Å². The van der Waals surface area contributed by atoms with Crippen molar-refractivity contribution in [2.75, 3.05) is 6.54 Å². The Bertz CT molecular complexity index is 551. The Labute approximate surface area is 121 Å². The van der Waals surface area contributed by atoms with E-state index in [9.17, 15) is 5.11 Å². The number of aryl methyl sites for hydroxylation is 1. The van der Waals surface area contributed by atoms with E-state index in [1.807, 2.05) is 12.1 Å². The first-order valence-electron chi connectivity index (χ1n) is 7.27. The highest BCUT2D eigenvalue weighted by Crippen LogP contribution is 2.23. The second kappa shape index (κ2) is 7.11. The van der Waals surface area contributed by atoms with Gasteiger partial charge in [-0.1, -0.05) is 43.3 Å². The molecule has 0 aliphatic rings. The van der Waals surface area contributed by atoms with Crippen LogP contribution in [-0.4, -0.2) is 11.7 Å². The standard InChI is InChI=1S/C18H23NO/c1-3-11-19-18(17-10-5-4-7-14(17)2)13-15-8-6-9-16(20)12-15/h4-10,12,18-20H,3,11,13H2,1-2H3. The van der Waals surface area contributed by atoms with Gasteiger partial charge in [-0.2, -0.15) is 0 Å². The number of rotatable bonds is 6. The summed E-state index contributed by atoms with van der Waals surface area (Å²) in [5.74, 6) is 0.335. The fourth-order valence-electron chi connectivity index (χ4n) is 2.51. The van der Waals surface area contributed by atoms with E-state index in [2.05, 4.69) is 49.5 Å². The number of nitrogens with one attached hydrogen (secondary N) is 1. The maximum Gasteiger partial charge on any atom is 0.115 e. The molecule has 0 fully saturated rings. The van der Waals surface area contributed by atoms with Crippen molar-refractivity contribution in [2.45, 2.75) is 32.7 Å². The third-order valence-electron chi connectivity index (χ3n) is 3.56. The molecule has 0 saturated carbocycles. The molecule has 106 valence electrons. The molecule has 1 atom stereocenters. The largest absolute Gasteiger partial charge is 0.508 e. The predicted octanol–water partition coefficient (Wildman–Crippen LogP) is 3.98. The Hall–Kier alpha value is -1.80. The molecule has 20 heavy (non-hydrogen) atoms. The van der Waals surface area contributed by atoms with Crippen molar-refractivity contribution in [3.8, 4) is 5.75 Å². The number of aromatic hydroxyl groups is 1. The summed E-state index contributed by atoms with van der Waals surface area (Å²) in [4.78, 5) is 0. The van der Waals surface area contributed by atoms with E-state index >= 15 is 0 Å². The summed E-state index contributed by atoms with van der Waals surface area (Å²) in [6.45, 7) is 5.33. The minimum absolute atomic E-state index is 0.290. The summed E-state index contributed by atoms with van der Waals surface area (Å²) in [7, 11) is 0. The quantitative estimate of drug-likeness (QED) is 0.831. The fraction of sp³-hybridized carbons (Fsp3) is 0.333. The molecular formula is C18H23NO. The van der Waals surface area contributed by atoms with Crippen molar-refractivity contribution >= 4 is 0 Å². The fourth-order valence-corrected chi connectivity index (χ4v) is 2.51. The molecule has 0 bridgehead atoms. The van der Waals surface area contributed by atoms with E-state index in [1.165, 1.54) is 11.1 Å². The van der Waals surface area contributed by atoms with Gasteiger partial charge < -0.3 is 10.4 Å². The van der Waals surface area contributed by atoms with Crippen molar-refractivity contribution in [3.63, 3.8) is 0 Å². The van der Waals surface area contributed by atoms with Gasteiger partial charge in [0.15, 0.2) is 0 Å². The van der Waals surface area contributed by atoms with E-state index in [4.69, 9.17) is 0 Å². The Morgan fingerprint density at radius 3 is 2.60 bits per heavy atom. The zero-order valence-electron chi connectivity index (χ0n) is 12.3. The lowest BCUT2D eigenvalue weighted by molar-refractivity contribution is 0.472. The Morgan fingerprint density at radius 1 is 1.10 bits per heavy atom. The summed E-state index contributed by atoms with van der Waals surface area (Å²) in [6, 6.07) is 16.3. The molecule has 0 heterocycles. The predicted molar refractivity (Wildman–Crippen MR) is 84.0 cm³/mol. The lowest BCUT2D eigenvalue weighted by Crippen LogP contribution is -2.24. The van der Waals surface area contributed by atoms with Crippen LogP contribution in [0.2, 0.25) is 0 Å². The number of benzene rings is 2. The van der Waals surface area contributed by atoms with Crippen LogP contribution in [0.1, 0.15) is 36.1 Å². The molecule has 2 heteroatoms. The van der Waals surface area contributed by atoms with Gasteiger partial charge in [0.05, 0.1) is 0 Å². The van der Waals surface area contributed by atoms with Crippen LogP contribution in [-0.2, 0) is 6.42 Å². The van der Waals surface area contributed by atoms with Crippen molar-refractivity contribution in [1.82, 2.24) is 5.32 Å². The van der Waals surface area contributed by atoms with Gasteiger partial charge in [-0.25, -0.2) is 0 Å². The monoisotopic (exact) mass is 269 g/mol. The number of hydrogen-bond donors (Lipinski definition) is 2. The Balaban J connectivity index is 2.22. The molecule has 0 aliphatic heterocycles. The topological polar surface area (TPSA) is 32.3 Å². The van der Waals surface area contributed by atoms with E-state index < -0.39 is 0 Å². The Kier molecular flexibility index (Phi) is 5.19. The van der Waals surface area contributed by atoms with Crippen LogP contribution in [0.3, 0.4) is 0 Å². The van der Waals surface area contributed by atoms with Gasteiger partial charge in [-0.05, 0) is 55.1 Å². The lowest BCUT2D eigenvalue weighted by atomic mass is 9.95. The second-order valence-corrected chi connectivity index (χ2v) is 5.24. The highest BCUT2D eigenvalue weighted by atomic mass is 16.3. The second-order valence-electron chi connectivity index (χ2n) is 5.24. The van der Waals surface area contributed by atoms with Crippen LogP contribution < -0.4 is 5.32 Å². The maximum atomic E-state index is 9.61. The molecule has 2 nitrogen and oxygen atoms in total. The number of phenols is 1. The highest BCUT2D eigenvalue weighted by Gasteiger charge is 2.13. The third kappa shape index (κ3) is 3.84. The van der Waals surface area contributed by atoms with Gasteiger partial charge in [0.2, 0.25) is 0 Å². The van der Waals surface area contributed by atoms with Gasteiger partial charge in [-0.3, -0.25) is 0 Å². The molecule has 2 aromatic carbocycles. The van der Waals surface area contributed by atoms with Crippen LogP contribution in [0, 0.1) is 6.92 Å². The summed E-state index contributed by atoms with van der Waals surface area (Å²) in [5.41, 5.74) is 3.80. The van der Waals surface area contributed by atoms with E-state index in [0.29, 0.717) is 5.75 Å². The normalized spacial score (nSPS) is 12.3. The SMILES string of the molecule is CCCNC(Cc1cccc(O)c1)c1ccccc1C. The molecule has 0 spiro atoms. The van der Waals surface area contributed by atoms with Gasteiger partial charge in [-0.15, -0.1) is 0 Å². The summed E-state index contributed by atoms with van der Waals surface area (Å²) < 4.78 is 0. The zero-order chi connectivity index (χ0) is 14.4. The average molecular weight is 269 g/mol. The molecule has 2 aromatic rings. The van der Waals surface area contributed by atoms with Crippen LogP contribution in [0.4, 0.5) is 0 Å². The molecule has 2 rings (SSSR count). The first-order valence-corrected chi connectivity index (χ1v) is 7.27. The van der Waals surface area contributed by atoms with Gasteiger partial charge in [0.25, 0.3) is 0 Å². The third-order valence-corrected chi connectivity index (χ3v) is 3.56. The number of hydrogen-bond acceptors (Lipinski definition) is 2. The van der Waals surface area contributed by atoms with E-state index in [-0.39, 0.29) is 6.04 Å². The highest BCUT2D eigenvalue weighted by molar-refractivity contribution is 5.33. The van der Waals surface area contributed by atoms with Gasteiger partial charge in [0.1, 0.15) is 5.75 Å². The minimum Gasteiger partial charge on any atom is -0.508 e. The molecule has 0 saturated heterocycles. The first-order chi connectivity index (χ1) is 9.70. The molecule has 0 aliphatic carbocycles. The molecule has 2 N–H and O–H groups in total. The van der Waals surface area contributed by atoms with Crippen LogP contribution in [0.25, 0.3) is 0 Å². The molecule has 0 radical (unpaired) electrons. The minimum atomic E-state index is 0.290. The number of phenolic OH excluding ortho intramolecular Hbond substituents is 1. The molecule has 0 aromatic heterocycles.